The summed E-state index contributed by atoms with van der Waals surface area (Å²) in [7, 11) is -0.611. The molecule has 2 heterocycles. The molecule has 0 unspecified atom stereocenters. The van der Waals surface area contributed by atoms with Crippen LogP contribution in [0, 0.1) is 30.1 Å². The van der Waals surface area contributed by atoms with E-state index < -0.39 is 36.5 Å². The van der Waals surface area contributed by atoms with Crippen molar-refractivity contribution in [3.8, 4) is 0 Å². The quantitative estimate of drug-likeness (QED) is 0.371. The highest BCUT2D eigenvalue weighted by Crippen LogP contribution is 2.65. The van der Waals surface area contributed by atoms with Crippen molar-refractivity contribution in [2.45, 2.75) is 84.5 Å². The van der Waals surface area contributed by atoms with Gasteiger partial charge in [0.2, 0.25) is 5.91 Å². The van der Waals surface area contributed by atoms with Gasteiger partial charge in [0.05, 0.1) is 23.8 Å². The van der Waals surface area contributed by atoms with Crippen LogP contribution in [-0.2, 0) is 14.1 Å². The number of carbonyl (C=O) groups is 3. The van der Waals surface area contributed by atoms with E-state index in [0.717, 1.165) is 18.4 Å². The van der Waals surface area contributed by atoms with Gasteiger partial charge in [-0.3, -0.25) is 19.4 Å². The Labute approximate surface area is 248 Å². The lowest BCUT2D eigenvalue weighted by Crippen LogP contribution is -2.65. The Morgan fingerprint density at radius 3 is 2.43 bits per heavy atom. The molecule has 6 rings (SSSR count). The Morgan fingerprint density at radius 2 is 1.79 bits per heavy atom. The molecule has 2 aromatic rings. The van der Waals surface area contributed by atoms with Crippen LogP contribution < -0.4 is 16.0 Å². The van der Waals surface area contributed by atoms with E-state index in [1.54, 1.807) is 12.1 Å². The zero-order valence-electron chi connectivity index (χ0n) is 25.3. The van der Waals surface area contributed by atoms with Gasteiger partial charge < -0.3 is 25.3 Å². The zero-order chi connectivity index (χ0) is 30.2. The van der Waals surface area contributed by atoms with E-state index in [-0.39, 0.29) is 35.6 Å². The molecule has 6 atom stereocenters. The highest BCUT2D eigenvalue weighted by Gasteiger charge is 2.68. The molecule has 10 nitrogen and oxygen atoms in total. The van der Waals surface area contributed by atoms with Crippen molar-refractivity contribution >= 4 is 24.8 Å². The lowest BCUT2D eigenvalue weighted by Gasteiger charge is -2.64. The number of carbonyl (C=O) groups excluding carboxylic acids is 3. The fourth-order valence-corrected chi connectivity index (χ4v) is 6.96. The highest BCUT2D eigenvalue weighted by molar-refractivity contribution is 6.48. The van der Waals surface area contributed by atoms with Crippen LogP contribution in [0.1, 0.15) is 80.3 Å². The Balaban J connectivity index is 1.31. The van der Waals surface area contributed by atoms with Crippen molar-refractivity contribution in [2.75, 3.05) is 6.54 Å². The van der Waals surface area contributed by atoms with Crippen LogP contribution in [-0.4, -0.2) is 65.0 Å². The Hall–Kier alpha value is -3.31. The second kappa shape index (κ2) is 11.8. The third-order valence-electron chi connectivity index (χ3n) is 9.55. The molecule has 4 aliphatic rings. The minimum Gasteiger partial charge on any atom is -0.404 e. The summed E-state index contributed by atoms with van der Waals surface area (Å²) in [6.07, 6.45) is 6.87. The molecule has 11 heteroatoms. The molecule has 3 saturated carbocycles. The van der Waals surface area contributed by atoms with Crippen LogP contribution >= 0.6 is 0 Å². The Kier molecular flexibility index (Phi) is 8.45. The van der Waals surface area contributed by atoms with Crippen molar-refractivity contribution in [3.63, 3.8) is 0 Å². The molecule has 0 spiro atoms. The zero-order valence-corrected chi connectivity index (χ0v) is 25.3. The smallest absolute Gasteiger partial charge is 0.404 e. The van der Waals surface area contributed by atoms with Crippen molar-refractivity contribution in [2.24, 2.45) is 23.2 Å². The summed E-state index contributed by atoms with van der Waals surface area (Å²) in [5.74, 6) is -0.549. The van der Waals surface area contributed by atoms with Gasteiger partial charge >= 0.3 is 7.12 Å². The molecule has 1 aromatic carbocycles. The number of amides is 3. The number of aromatic nitrogens is 2. The summed E-state index contributed by atoms with van der Waals surface area (Å²) in [6.45, 7) is 12.8. The van der Waals surface area contributed by atoms with Crippen LogP contribution in [0.5, 0.6) is 0 Å². The van der Waals surface area contributed by atoms with Gasteiger partial charge in [-0.25, -0.2) is 4.98 Å². The van der Waals surface area contributed by atoms with Crippen LogP contribution in [0.2, 0.25) is 0 Å². The second-order valence-corrected chi connectivity index (χ2v) is 13.3. The summed E-state index contributed by atoms with van der Waals surface area (Å²) in [6, 6.07) is 6.05. The lowest BCUT2D eigenvalue weighted by molar-refractivity contribution is -0.199. The average molecular weight is 576 g/mol. The molecule has 1 saturated heterocycles. The summed E-state index contributed by atoms with van der Waals surface area (Å²) < 4.78 is 13.2. The maximum absolute atomic E-state index is 13.8. The third kappa shape index (κ3) is 5.94. The van der Waals surface area contributed by atoms with Gasteiger partial charge in [-0.15, -0.1) is 0 Å². The number of rotatable bonds is 10. The maximum Gasteiger partial charge on any atom is 0.481 e. The highest BCUT2D eigenvalue weighted by atomic mass is 16.7. The molecule has 3 N–H and O–H groups in total. The van der Waals surface area contributed by atoms with Gasteiger partial charge in [0.25, 0.3) is 11.8 Å². The Morgan fingerprint density at radius 1 is 1.05 bits per heavy atom. The molecule has 3 aliphatic carbocycles. The van der Waals surface area contributed by atoms with E-state index in [1.807, 2.05) is 19.1 Å². The van der Waals surface area contributed by atoms with E-state index in [2.05, 4.69) is 60.5 Å². The number of nitrogens with zero attached hydrogens (tertiary/aromatic N) is 2. The summed E-state index contributed by atoms with van der Waals surface area (Å²) >= 11 is 0. The number of hydrogen-bond donors (Lipinski definition) is 3. The van der Waals surface area contributed by atoms with Gasteiger partial charge in [-0.05, 0) is 68.4 Å². The molecule has 42 heavy (non-hydrogen) atoms. The normalized spacial score (nSPS) is 26.9. The van der Waals surface area contributed by atoms with Crippen molar-refractivity contribution < 1.29 is 23.7 Å². The van der Waals surface area contributed by atoms with E-state index in [9.17, 15) is 14.4 Å². The predicted octanol–water partition coefficient (Wildman–Crippen LogP) is 3.11. The topological polar surface area (TPSA) is 132 Å². The van der Waals surface area contributed by atoms with E-state index >= 15 is 0 Å². The fourth-order valence-electron chi connectivity index (χ4n) is 6.96. The molecule has 1 aromatic heterocycles. The van der Waals surface area contributed by atoms with Crippen LogP contribution in [0.25, 0.3) is 0 Å². The lowest BCUT2D eigenvalue weighted by atomic mass is 9.43. The molecule has 2 bridgehead atoms. The number of hydrogen-bond acceptors (Lipinski definition) is 7. The third-order valence-corrected chi connectivity index (χ3v) is 9.55. The predicted molar refractivity (Wildman–Crippen MR) is 158 cm³/mol. The van der Waals surface area contributed by atoms with Crippen molar-refractivity contribution in [1.29, 1.82) is 0 Å². The molecule has 1 aliphatic heterocycles. The first-order valence-electron chi connectivity index (χ1n) is 14.9. The number of nitrogens with one attached hydrogen (secondary N) is 3. The van der Waals surface area contributed by atoms with Gasteiger partial charge in [-0.1, -0.05) is 45.4 Å². The maximum atomic E-state index is 13.8. The van der Waals surface area contributed by atoms with E-state index in [1.165, 1.54) is 18.6 Å². The molecule has 3 amide bonds. The molecule has 224 valence electrons. The fraction of sp³-hybridized carbons (Fsp3) is 0.581. The Bertz CT molecular complexity index is 1310. The van der Waals surface area contributed by atoms with Crippen molar-refractivity contribution in [1.82, 2.24) is 25.9 Å². The monoisotopic (exact) mass is 575 g/mol. The van der Waals surface area contributed by atoms with Gasteiger partial charge in [0.15, 0.2) is 0 Å². The molecular formula is C31H42BN5O5. The van der Waals surface area contributed by atoms with Gasteiger partial charge in [0, 0.05) is 24.5 Å². The molecule has 4 fully saturated rings. The largest absolute Gasteiger partial charge is 0.481 e. The average Bonchev–Trinajstić information content (AvgIpc) is 3.32. The summed E-state index contributed by atoms with van der Waals surface area (Å²) in [5.41, 5.74) is 1.35. The van der Waals surface area contributed by atoms with Gasteiger partial charge in [0.1, 0.15) is 11.7 Å². The SMILES string of the molecule is Cc1ccc(C(=O)NC[C@H](NC(=O)c2cnccn2)C(=O)N[C@@H](CC(C)C)B2O[C@@H]3C[C@H]4C[C@H](C4(C)C)[C@]3(C)O2)cc1. The van der Waals surface area contributed by atoms with E-state index in [4.69, 9.17) is 9.31 Å². The number of benzene rings is 1. The first-order chi connectivity index (χ1) is 19.9. The summed E-state index contributed by atoms with van der Waals surface area (Å²) in [4.78, 5) is 47.6. The summed E-state index contributed by atoms with van der Waals surface area (Å²) in [5, 5.41) is 8.63. The van der Waals surface area contributed by atoms with E-state index in [0.29, 0.717) is 23.8 Å². The van der Waals surface area contributed by atoms with Gasteiger partial charge in [-0.2, -0.15) is 0 Å². The first kappa shape index (κ1) is 30.2. The minimum atomic E-state index is -1.07. The van der Waals surface area contributed by atoms with Crippen LogP contribution in [0.3, 0.4) is 0 Å². The number of aryl methyl sites for hydroxylation is 1. The van der Waals surface area contributed by atoms with Crippen molar-refractivity contribution in [3.05, 3.63) is 59.7 Å². The molecular weight excluding hydrogens is 533 g/mol. The van der Waals surface area contributed by atoms with Crippen LogP contribution in [0.4, 0.5) is 0 Å². The standard InChI is InChI=1S/C31H42BN5O5/c1-18(2)13-26(32-41-25-15-21-14-24(30(21,4)5)31(25,6)42-32)37-29(40)23(36-28(39)22-16-33-11-12-34-22)17-35-27(38)20-9-7-19(3)8-10-20/h7-12,16,18,21,23-26H,13-15,17H2,1-6H3,(H,35,38)(H,36,39)(H,37,40)/t21-,23+,24-,25-,26+,31+/m1/s1. The molecule has 0 radical (unpaired) electrons. The van der Waals surface area contributed by atoms with Crippen LogP contribution in [0.15, 0.2) is 42.9 Å². The second-order valence-electron chi connectivity index (χ2n) is 13.3. The first-order valence-corrected chi connectivity index (χ1v) is 14.9. The minimum absolute atomic E-state index is 0.0215.